The lowest BCUT2D eigenvalue weighted by atomic mass is 10.1. The third-order valence-corrected chi connectivity index (χ3v) is 5.29. The second-order valence-corrected chi connectivity index (χ2v) is 6.77. The summed E-state index contributed by atoms with van der Waals surface area (Å²) in [6.45, 7) is 0. The van der Waals surface area contributed by atoms with E-state index < -0.39 is 33.8 Å². The molecule has 1 aliphatic carbocycles. The smallest absolute Gasteiger partial charge is 0.308 e. The van der Waals surface area contributed by atoms with Crippen LogP contribution in [0.3, 0.4) is 0 Å². The van der Waals surface area contributed by atoms with Crippen LogP contribution in [0.1, 0.15) is 19.3 Å². The van der Waals surface area contributed by atoms with Crippen LogP contribution < -0.4 is 4.72 Å². The van der Waals surface area contributed by atoms with Crippen LogP contribution in [0.15, 0.2) is 23.1 Å². The molecular formula is C12H13ClFNO4S. The second-order valence-electron chi connectivity index (χ2n) is 4.68. The van der Waals surface area contributed by atoms with Gasteiger partial charge in [0.15, 0.2) is 0 Å². The summed E-state index contributed by atoms with van der Waals surface area (Å²) in [5.41, 5.74) is 0. The highest BCUT2D eigenvalue weighted by atomic mass is 35.5. The highest BCUT2D eigenvalue weighted by molar-refractivity contribution is 7.89. The Bertz CT molecular complexity index is 634. The molecule has 0 bridgehead atoms. The Kier molecular flexibility index (Phi) is 4.31. The molecule has 1 fully saturated rings. The zero-order chi connectivity index (χ0) is 14.9. The van der Waals surface area contributed by atoms with E-state index in [0.29, 0.717) is 19.3 Å². The van der Waals surface area contributed by atoms with Gasteiger partial charge in [0.05, 0.1) is 10.9 Å². The molecule has 0 aromatic heterocycles. The molecule has 0 amide bonds. The molecule has 1 aliphatic rings. The Balaban J connectivity index is 2.27. The molecule has 5 nitrogen and oxygen atoms in total. The van der Waals surface area contributed by atoms with Gasteiger partial charge in [0.1, 0.15) is 10.7 Å². The van der Waals surface area contributed by atoms with Crippen LogP contribution >= 0.6 is 11.6 Å². The third kappa shape index (κ3) is 3.11. The monoisotopic (exact) mass is 321 g/mol. The van der Waals surface area contributed by atoms with Gasteiger partial charge in [-0.3, -0.25) is 4.79 Å². The van der Waals surface area contributed by atoms with E-state index in [1.165, 1.54) is 0 Å². The van der Waals surface area contributed by atoms with Crippen LogP contribution in [-0.4, -0.2) is 25.5 Å². The lowest BCUT2D eigenvalue weighted by molar-refractivity contribution is -0.141. The molecule has 110 valence electrons. The Morgan fingerprint density at radius 1 is 1.40 bits per heavy atom. The molecule has 1 aromatic carbocycles. The number of aliphatic carboxylic acids is 1. The van der Waals surface area contributed by atoms with Gasteiger partial charge in [0.25, 0.3) is 0 Å². The third-order valence-electron chi connectivity index (χ3n) is 3.32. The minimum atomic E-state index is -4.05. The molecule has 0 spiro atoms. The molecule has 0 saturated heterocycles. The van der Waals surface area contributed by atoms with Gasteiger partial charge in [-0.25, -0.2) is 17.5 Å². The maximum absolute atomic E-state index is 13.2. The van der Waals surface area contributed by atoms with Crippen molar-refractivity contribution in [3.63, 3.8) is 0 Å². The average Bonchev–Trinajstić information content (AvgIpc) is 2.79. The summed E-state index contributed by atoms with van der Waals surface area (Å²) >= 11 is 5.76. The average molecular weight is 322 g/mol. The number of carbonyl (C=O) groups is 1. The van der Waals surface area contributed by atoms with Crippen molar-refractivity contribution in [3.05, 3.63) is 29.0 Å². The summed E-state index contributed by atoms with van der Waals surface area (Å²) in [5.74, 6) is -2.53. The Hall–Kier alpha value is -1.18. The number of rotatable bonds is 4. The fourth-order valence-corrected chi connectivity index (χ4v) is 4.16. The number of nitrogens with one attached hydrogen (secondary N) is 1. The van der Waals surface area contributed by atoms with Gasteiger partial charge in [-0.05, 0) is 31.0 Å². The van der Waals surface area contributed by atoms with E-state index in [2.05, 4.69) is 4.72 Å². The summed E-state index contributed by atoms with van der Waals surface area (Å²) in [6.07, 6.45) is 1.48. The quantitative estimate of drug-likeness (QED) is 0.888. The topological polar surface area (TPSA) is 83.5 Å². The maximum atomic E-state index is 13.2. The van der Waals surface area contributed by atoms with Gasteiger partial charge in [0, 0.05) is 6.04 Å². The molecule has 0 radical (unpaired) electrons. The number of carboxylic acids is 1. The minimum Gasteiger partial charge on any atom is -0.481 e. The summed E-state index contributed by atoms with van der Waals surface area (Å²) in [7, 11) is -4.05. The van der Waals surface area contributed by atoms with Crippen LogP contribution in [0, 0.1) is 11.7 Å². The van der Waals surface area contributed by atoms with Crippen LogP contribution in [0.5, 0.6) is 0 Å². The number of sulfonamides is 1. The van der Waals surface area contributed by atoms with Crippen molar-refractivity contribution in [2.24, 2.45) is 5.92 Å². The summed E-state index contributed by atoms with van der Waals surface area (Å²) in [5, 5.41) is 8.92. The van der Waals surface area contributed by atoms with Crippen molar-refractivity contribution < 1.29 is 22.7 Å². The van der Waals surface area contributed by atoms with Gasteiger partial charge in [-0.15, -0.1) is 0 Å². The molecular weight excluding hydrogens is 309 g/mol. The van der Waals surface area contributed by atoms with E-state index in [-0.39, 0.29) is 9.92 Å². The minimum absolute atomic E-state index is 0.108. The van der Waals surface area contributed by atoms with E-state index in [9.17, 15) is 17.6 Å². The molecule has 8 heteroatoms. The molecule has 20 heavy (non-hydrogen) atoms. The largest absolute Gasteiger partial charge is 0.481 e. The first-order chi connectivity index (χ1) is 9.31. The molecule has 2 atom stereocenters. The van der Waals surface area contributed by atoms with Crippen molar-refractivity contribution in [2.45, 2.75) is 30.2 Å². The highest BCUT2D eigenvalue weighted by Gasteiger charge is 2.36. The number of hydrogen-bond acceptors (Lipinski definition) is 3. The lowest BCUT2D eigenvalue weighted by Crippen LogP contribution is -2.40. The van der Waals surface area contributed by atoms with Crippen molar-refractivity contribution in [1.29, 1.82) is 0 Å². The van der Waals surface area contributed by atoms with E-state index >= 15 is 0 Å². The Labute approximate surface area is 120 Å². The summed E-state index contributed by atoms with van der Waals surface area (Å²) in [6, 6.07) is 2.32. The van der Waals surface area contributed by atoms with E-state index in [1.807, 2.05) is 0 Å². The maximum Gasteiger partial charge on any atom is 0.308 e. The fraction of sp³-hybridized carbons (Fsp3) is 0.417. The Morgan fingerprint density at radius 3 is 2.75 bits per heavy atom. The van der Waals surface area contributed by atoms with Gasteiger partial charge in [0.2, 0.25) is 10.0 Å². The van der Waals surface area contributed by atoms with Crippen molar-refractivity contribution >= 4 is 27.6 Å². The molecule has 2 N–H and O–H groups in total. The normalized spacial score (nSPS) is 22.9. The molecule has 1 aromatic rings. The zero-order valence-corrected chi connectivity index (χ0v) is 11.9. The van der Waals surface area contributed by atoms with Crippen LogP contribution in [0.4, 0.5) is 4.39 Å². The highest BCUT2D eigenvalue weighted by Crippen LogP contribution is 2.29. The predicted octanol–water partition coefficient (Wildman–Crippen LogP) is 2.01. The SMILES string of the molecule is O=C(O)C1CCCC1NS(=O)(=O)c1cc(F)ccc1Cl. The van der Waals surface area contributed by atoms with Crippen molar-refractivity contribution in [3.8, 4) is 0 Å². The summed E-state index contributed by atoms with van der Waals surface area (Å²) in [4.78, 5) is 10.7. The first-order valence-electron chi connectivity index (χ1n) is 6.01. The standard InChI is InChI=1S/C12H13ClFNO4S/c13-9-5-4-7(14)6-11(9)20(18,19)15-10-3-1-2-8(10)12(16)17/h4-6,8,10,15H,1-3H2,(H,16,17). The Morgan fingerprint density at radius 2 is 2.10 bits per heavy atom. The molecule has 2 rings (SSSR count). The second kappa shape index (κ2) is 5.67. The molecule has 0 heterocycles. The van der Waals surface area contributed by atoms with E-state index in [0.717, 1.165) is 18.2 Å². The van der Waals surface area contributed by atoms with Gasteiger partial charge >= 0.3 is 5.97 Å². The zero-order valence-electron chi connectivity index (χ0n) is 10.3. The van der Waals surface area contributed by atoms with Crippen LogP contribution in [0.25, 0.3) is 0 Å². The first-order valence-corrected chi connectivity index (χ1v) is 7.87. The van der Waals surface area contributed by atoms with Crippen molar-refractivity contribution in [1.82, 2.24) is 4.72 Å². The first kappa shape index (κ1) is 15.2. The van der Waals surface area contributed by atoms with Gasteiger partial charge < -0.3 is 5.11 Å². The van der Waals surface area contributed by atoms with E-state index in [4.69, 9.17) is 16.7 Å². The molecule has 2 unspecified atom stereocenters. The van der Waals surface area contributed by atoms with Crippen LogP contribution in [-0.2, 0) is 14.8 Å². The number of carboxylic acid groups (broad SMARTS) is 1. The number of halogens is 2. The van der Waals surface area contributed by atoms with Crippen LogP contribution in [0.2, 0.25) is 5.02 Å². The van der Waals surface area contributed by atoms with Crippen molar-refractivity contribution in [2.75, 3.05) is 0 Å². The molecule has 1 saturated carbocycles. The summed E-state index contributed by atoms with van der Waals surface area (Å²) < 4.78 is 39.8. The number of hydrogen-bond donors (Lipinski definition) is 2. The van der Waals surface area contributed by atoms with E-state index in [1.54, 1.807) is 0 Å². The number of benzene rings is 1. The fourth-order valence-electron chi connectivity index (χ4n) is 2.34. The lowest BCUT2D eigenvalue weighted by Gasteiger charge is -2.18. The van der Waals surface area contributed by atoms with Gasteiger partial charge in [-0.1, -0.05) is 18.0 Å². The predicted molar refractivity (Wildman–Crippen MR) is 70.5 cm³/mol. The molecule has 0 aliphatic heterocycles. The van der Waals surface area contributed by atoms with Gasteiger partial charge in [-0.2, -0.15) is 0 Å².